The summed E-state index contributed by atoms with van der Waals surface area (Å²) in [4.78, 5) is 8.91. The van der Waals surface area contributed by atoms with E-state index in [-0.39, 0.29) is 22.3 Å². The lowest BCUT2D eigenvalue weighted by molar-refractivity contribution is 0.347. The first-order valence-corrected chi connectivity index (χ1v) is 10.2. The molecular weight excluding hydrogens is 423 g/mol. The van der Waals surface area contributed by atoms with Crippen molar-refractivity contribution in [2.24, 2.45) is 5.10 Å². The predicted molar refractivity (Wildman–Crippen MR) is 117 cm³/mol. The first kappa shape index (κ1) is 19.5. The molecule has 12 heteroatoms. The number of piperidine rings is 1. The molecular formula is C19H20ClFN10. The summed E-state index contributed by atoms with van der Waals surface area (Å²) < 4.78 is 16.5. The average Bonchev–Trinajstić information content (AvgIpc) is 3.47. The van der Waals surface area contributed by atoms with E-state index in [0.29, 0.717) is 11.7 Å². The standard InChI is InChI=1S/C19H20ClFN10/c20-14-4-1-5-16(17(14)21)30-11-25-28-31(30)19-18(22)24-9-15(27-19)12-7-26-29(10-12)13-3-2-6-23-8-13/h1,4-5,7,9-11,13,23,28H,2-3,6,8H2,(H2,22,24)/t13-/m0/s1. The second-order valence-electron chi connectivity index (χ2n) is 7.25. The van der Waals surface area contributed by atoms with Crippen LogP contribution in [0.1, 0.15) is 18.9 Å². The van der Waals surface area contributed by atoms with Crippen molar-refractivity contribution in [1.29, 1.82) is 0 Å². The maximum atomic E-state index is 14.6. The van der Waals surface area contributed by atoms with Crippen LogP contribution >= 0.6 is 11.6 Å². The van der Waals surface area contributed by atoms with Crippen LogP contribution in [0, 0.1) is 5.82 Å². The van der Waals surface area contributed by atoms with Gasteiger partial charge in [0.05, 0.1) is 29.2 Å². The highest BCUT2D eigenvalue weighted by Crippen LogP contribution is 2.31. The van der Waals surface area contributed by atoms with Gasteiger partial charge in [0.1, 0.15) is 12.0 Å². The molecule has 2 aliphatic rings. The Balaban J connectivity index is 1.46. The second kappa shape index (κ2) is 8.00. The van der Waals surface area contributed by atoms with Crippen molar-refractivity contribution in [2.75, 3.05) is 29.0 Å². The Kier molecular flexibility index (Phi) is 5.04. The van der Waals surface area contributed by atoms with Crippen LogP contribution in [0.4, 0.5) is 21.7 Å². The molecule has 10 nitrogen and oxygen atoms in total. The van der Waals surface area contributed by atoms with Gasteiger partial charge in [0.2, 0.25) is 5.82 Å². The fourth-order valence-corrected chi connectivity index (χ4v) is 3.81. The number of hydrazone groups is 1. The number of halogens is 2. The molecule has 1 atom stereocenters. The minimum atomic E-state index is -0.589. The highest BCUT2D eigenvalue weighted by Gasteiger charge is 2.27. The summed E-state index contributed by atoms with van der Waals surface area (Å²) in [5.41, 5.74) is 10.4. The third-order valence-corrected chi connectivity index (χ3v) is 5.53. The molecule has 4 N–H and O–H groups in total. The van der Waals surface area contributed by atoms with E-state index < -0.39 is 5.82 Å². The van der Waals surface area contributed by atoms with Crippen LogP contribution < -0.4 is 26.7 Å². The van der Waals surface area contributed by atoms with Gasteiger partial charge in [0, 0.05) is 18.3 Å². The molecule has 0 amide bonds. The van der Waals surface area contributed by atoms with Gasteiger partial charge < -0.3 is 11.1 Å². The third kappa shape index (κ3) is 3.62. The Morgan fingerprint density at radius 3 is 3.00 bits per heavy atom. The predicted octanol–water partition coefficient (Wildman–Crippen LogP) is 2.33. The van der Waals surface area contributed by atoms with Gasteiger partial charge in [-0.3, -0.25) is 4.68 Å². The lowest BCUT2D eigenvalue weighted by Crippen LogP contribution is -2.45. The van der Waals surface area contributed by atoms with Crippen molar-refractivity contribution >= 4 is 35.3 Å². The molecule has 2 aliphatic heterocycles. The maximum Gasteiger partial charge on any atom is 0.215 e. The fraction of sp³-hybridized carbons (Fsp3) is 0.263. The number of benzene rings is 1. The van der Waals surface area contributed by atoms with E-state index in [1.807, 2.05) is 10.9 Å². The third-order valence-electron chi connectivity index (χ3n) is 5.24. The Hall–Kier alpha value is -3.44. The molecule has 0 spiro atoms. The highest BCUT2D eigenvalue weighted by molar-refractivity contribution is 6.31. The molecule has 1 saturated heterocycles. The molecule has 0 saturated carbocycles. The van der Waals surface area contributed by atoms with Crippen molar-refractivity contribution in [2.45, 2.75) is 18.9 Å². The van der Waals surface area contributed by atoms with E-state index in [0.717, 1.165) is 31.5 Å². The summed E-state index contributed by atoms with van der Waals surface area (Å²) >= 11 is 5.94. The van der Waals surface area contributed by atoms with Crippen molar-refractivity contribution in [1.82, 2.24) is 30.6 Å². The van der Waals surface area contributed by atoms with Crippen molar-refractivity contribution in [3.63, 3.8) is 0 Å². The minimum Gasteiger partial charge on any atom is -0.380 e. The van der Waals surface area contributed by atoms with Gasteiger partial charge in [-0.2, -0.15) is 15.8 Å². The van der Waals surface area contributed by atoms with Crippen LogP contribution in [0.2, 0.25) is 5.02 Å². The molecule has 160 valence electrons. The van der Waals surface area contributed by atoms with Gasteiger partial charge in [-0.05, 0) is 31.5 Å². The molecule has 5 rings (SSSR count). The first-order chi connectivity index (χ1) is 15.1. The first-order valence-electron chi connectivity index (χ1n) is 9.81. The van der Waals surface area contributed by atoms with E-state index in [2.05, 4.69) is 31.0 Å². The maximum absolute atomic E-state index is 14.6. The van der Waals surface area contributed by atoms with Crippen LogP contribution in [0.25, 0.3) is 11.3 Å². The molecule has 1 aromatic carbocycles. The van der Waals surface area contributed by atoms with Gasteiger partial charge in [0.25, 0.3) is 0 Å². The summed E-state index contributed by atoms with van der Waals surface area (Å²) in [5.74, 6) is -0.172. The molecule has 0 unspecified atom stereocenters. The molecule has 31 heavy (non-hydrogen) atoms. The second-order valence-corrected chi connectivity index (χ2v) is 7.65. The summed E-state index contributed by atoms with van der Waals surface area (Å²) in [6.07, 6.45) is 8.87. The smallest absolute Gasteiger partial charge is 0.215 e. The molecule has 0 aliphatic carbocycles. The molecule has 3 aromatic rings. The zero-order chi connectivity index (χ0) is 21.4. The number of nitrogens with zero attached hydrogens (tertiary/aromatic N) is 7. The van der Waals surface area contributed by atoms with Crippen LogP contribution in [-0.4, -0.2) is 39.2 Å². The van der Waals surface area contributed by atoms with Crippen LogP contribution in [0.3, 0.4) is 0 Å². The van der Waals surface area contributed by atoms with E-state index in [4.69, 9.17) is 17.3 Å². The van der Waals surface area contributed by atoms with Gasteiger partial charge in [-0.15, -0.1) is 5.10 Å². The molecule has 4 heterocycles. The largest absolute Gasteiger partial charge is 0.380 e. The lowest BCUT2D eigenvalue weighted by atomic mass is 10.1. The molecule has 2 aromatic heterocycles. The Labute approximate surface area is 182 Å². The monoisotopic (exact) mass is 442 g/mol. The summed E-state index contributed by atoms with van der Waals surface area (Å²) in [7, 11) is 0. The number of nitrogen functional groups attached to an aromatic ring is 1. The number of rotatable bonds is 4. The van der Waals surface area contributed by atoms with E-state index in [1.54, 1.807) is 24.5 Å². The summed E-state index contributed by atoms with van der Waals surface area (Å²) in [6.45, 7) is 1.92. The van der Waals surface area contributed by atoms with Gasteiger partial charge in [-0.25, -0.2) is 19.4 Å². The van der Waals surface area contributed by atoms with Crippen LogP contribution in [-0.2, 0) is 0 Å². The van der Waals surface area contributed by atoms with Gasteiger partial charge in [-0.1, -0.05) is 17.7 Å². The zero-order valence-corrected chi connectivity index (χ0v) is 17.2. The van der Waals surface area contributed by atoms with Crippen LogP contribution in [0.15, 0.2) is 41.9 Å². The SMILES string of the molecule is Nc1ncc(-c2cnn([C@H]3CCCNC3)c2)nc1N1NN=CN1c1cccc(Cl)c1F. The topological polar surface area (TPSA) is 113 Å². The van der Waals surface area contributed by atoms with E-state index in [1.165, 1.54) is 22.5 Å². The Morgan fingerprint density at radius 2 is 2.16 bits per heavy atom. The molecule has 0 radical (unpaired) electrons. The quantitative estimate of drug-likeness (QED) is 0.564. The van der Waals surface area contributed by atoms with E-state index >= 15 is 0 Å². The zero-order valence-electron chi connectivity index (χ0n) is 16.4. The Bertz CT molecular complexity index is 1130. The highest BCUT2D eigenvalue weighted by atomic mass is 35.5. The Morgan fingerprint density at radius 1 is 1.26 bits per heavy atom. The number of anilines is 3. The molecule has 1 fully saturated rings. The van der Waals surface area contributed by atoms with Gasteiger partial charge in [0.15, 0.2) is 11.6 Å². The summed E-state index contributed by atoms with van der Waals surface area (Å²) in [5, 5.41) is 14.7. The number of hydrogen-bond donors (Lipinski definition) is 3. The average molecular weight is 443 g/mol. The molecule has 0 bridgehead atoms. The van der Waals surface area contributed by atoms with Crippen molar-refractivity contribution < 1.29 is 4.39 Å². The number of nitrogens with two attached hydrogens (primary N) is 1. The normalized spacial score (nSPS) is 18.5. The lowest BCUT2D eigenvalue weighted by Gasteiger charge is -2.28. The number of hydrogen-bond acceptors (Lipinski definition) is 9. The van der Waals surface area contributed by atoms with Crippen molar-refractivity contribution in [3.05, 3.63) is 47.6 Å². The fourth-order valence-electron chi connectivity index (χ4n) is 3.64. The van der Waals surface area contributed by atoms with Gasteiger partial charge >= 0.3 is 0 Å². The van der Waals surface area contributed by atoms with Crippen molar-refractivity contribution in [3.8, 4) is 11.3 Å². The number of aromatic nitrogens is 4. The minimum absolute atomic E-state index is 0.00447. The number of hydrazine groups is 2. The number of nitrogens with one attached hydrogen (secondary N) is 2. The summed E-state index contributed by atoms with van der Waals surface area (Å²) in [6, 6.07) is 4.99. The van der Waals surface area contributed by atoms with E-state index in [9.17, 15) is 4.39 Å². The van der Waals surface area contributed by atoms with Crippen LogP contribution in [0.5, 0.6) is 0 Å².